The number of carbonyl (C=O) groups excluding carboxylic acids is 1. The highest BCUT2D eigenvalue weighted by molar-refractivity contribution is 5.87. The number of rotatable bonds is 9. The van der Waals surface area contributed by atoms with Crippen LogP contribution in [0.1, 0.15) is 111 Å². The standard InChI is InChI=1S/C44H50N4O5/c1-2-3-4-7-30(49)24-31(50)10-8-28-9-15-40-41(22-28)53-43-37(44(19-21-52-40)17-5-6-18-44)13-14-39(51)33-11-12-34-32(16-20-46-42(34)45)35(33)23-29-25-47-38-27-48(43)26-36(29)38/h9,11-12,15,22,25,27,30,37,39,42-43,46,49,51H,2-8,10,16-18,20,23-24,26,45H2,1H3/p+1/t30-,37-,39+,42+,43-/m1/s1. The van der Waals surface area contributed by atoms with Crippen molar-refractivity contribution in [2.45, 2.75) is 115 Å². The zero-order valence-corrected chi connectivity index (χ0v) is 30.7. The summed E-state index contributed by atoms with van der Waals surface area (Å²) in [7, 11) is 0. The molecular weight excluding hydrogens is 665 g/mol. The Hall–Kier alpha value is -4.22. The minimum absolute atomic E-state index is 0.0582. The molecule has 1 spiro atoms. The Kier molecular flexibility index (Phi) is 10.3. The average Bonchev–Trinajstić information content (AvgIpc) is 3.89. The van der Waals surface area contributed by atoms with Crippen molar-refractivity contribution in [2.24, 2.45) is 22.1 Å². The number of nitrogens with two attached hydrogens (primary N) is 1. The molecule has 6 N–H and O–H groups in total. The van der Waals surface area contributed by atoms with Crippen LogP contribution in [-0.4, -0.2) is 47.6 Å². The number of hydrogen-bond donors (Lipinski definition) is 5. The summed E-state index contributed by atoms with van der Waals surface area (Å²) < 4.78 is 13.3. The van der Waals surface area contributed by atoms with Gasteiger partial charge in [-0.05, 0) is 77.6 Å². The van der Waals surface area contributed by atoms with Gasteiger partial charge in [-0.3, -0.25) is 20.0 Å². The van der Waals surface area contributed by atoms with Gasteiger partial charge in [0, 0.05) is 37.6 Å². The van der Waals surface area contributed by atoms with E-state index in [9.17, 15) is 15.0 Å². The van der Waals surface area contributed by atoms with Crippen molar-refractivity contribution in [3.8, 4) is 35.4 Å². The second kappa shape index (κ2) is 15.3. The van der Waals surface area contributed by atoms with Gasteiger partial charge >= 0.3 is 0 Å². The number of nitrogens with one attached hydrogen (secondary N) is 2. The molecule has 5 aliphatic heterocycles. The van der Waals surface area contributed by atoms with Crippen molar-refractivity contribution in [3.63, 3.8) is 0 Å². The van der Waals surface area contributed by atoms with Gasteiger partial charge in [-0.15, -0.1) is 0 Å². The number of hydrogen-bond acceptors (Lipinski definition) is 8. The molecule has 276 valence electrons. The van der Waals surface area contributed by atoms with Gasteiger partial charge in [-0.2, -0.15) is 0 Å². The molecule has 6 atom stereocenters. The minimum atomic E-state index is -1.00. The van der Waals surface area contributed by atoms with Crippen LogP contribution < -0.4 is 25.4 Å². The van der Waals surface area contributed by atoms with Gasteiger partial charge in [0.2, 0.25) is 0 Å². The third-order valence-corrected chi connectivity index (χ3v) is 12.2. The number of ether oxygens (including phenoxy) is 2. The van der Waals surface area contributed by atoms with E-state index in [1.165, 1.54) is 11.1 Å². The van der Waals surface area contributed by atoms with Crippen LogP contribution in [0.15, 0.2) is 58.4 Å². The summed E-state index contributed by atoms with van der Waals surface area (Å²) in [5.41, 5.74) is 14.5. The number of aliphatic imine (C=N–C) groups is 1. The van der Waals surface area contributed by atoms with Gasteiger partial charge in [0.25, 0.3) is 6.23 Å². The SMILES string of the molecule is CCCCC[C@@H](O)CC(=O)CCc1ccc2c(c1)O[C@@H]1[C@@H](C#C[C@H](O)c3ccc4c(c3CC3=C5C[NH+]1C=C5N=C3)CCN[C@@H]4N)C1(C#CO2)CCCC1. The molecule has 1 fully saturated rings. The fourth-order valence-corrected chi connectivity index (χ4v) is 9.21. The second-order valence-corrected chi connectivity index (χ2v) is 15.7. The molecule has 0 amide bonds. The molecule has 1 unspecified atom stereocenters. The lowest BCUT2D eigenvalue weighted by atomic mass is 9.73. The summed E-state index contributed by atoms with van der Waals surface area (Å²) in [5.74, 6) is 11.3. The fraction of sp³-hybridized carbons (Fsp3) is 0.500. The molecule has 1 saturated carbocycles. The first kappa shape index (κ1) is 35.8. The highest BCUT2D eigenvalue weighted by Gasteiger charge is 2.51. The summed E-state index contributed by atoms with van der Waals surface area (Å²) in [4.78, 5) is 18.8. The zero-order valence-electron chi connectivity index (χ0n) is 30.7. The molecule has 2 bridgehead atoms. The fourth-order valence-electron chi connectivity index (χ4n) is 9.21. The molecule has 9 nitrogen and oxygen atoms in total. The number of fused-ring (bicyclic) bond motifs is 8. The maximum absolute atomic E-state index is 12.8. The second-order valence-electron chi connectivity index (χ2n) is 15.7. The molecule has 0 saturated heterocycles. The number of allylic oxidation sites excluding steroid dienone is 1. The third kappa shape index (κ3) is 7.22. The van der Waals surface area contributed by atoms with E-state index < -0.39 is 23.9 Å². The molecule has 9 heteroatoms. The van der Waals surface area contributed by atoms with E-state index in [2.05, 4.69) is 42.3 Å². The van der Waals surface area contributed by atoms with E-state index >= 15 is 0 Å². The molecule has 5 heterocycles. The van der Waals surface area contributed by atoms with Crippen LogP contribution in [0.2, 0.25) is 0 Å². The lowest BCUT2D eigenvalue weighted by Crippen LogP contribution is -3.12. The first-order valence-corrected chi connectivity index (χ1v) is 19.7. The minimum Gasteiger partial charge on any atom is -0.437 e. The molecule has 8 rings (SSSR count). The number of aryl methyl sites for hydroxylation is 1. The Balaban J connectivity index is 1.15. The van der Waals surface area contributed by atoms with Crippen molar-refractivity contribution < 1.29 is 29.4 Å². The molecular formula is C44H51N4O5+. The number of benzene rings is 2. The van der Waals surface area contributed by atoms with E-state index in [0.717, 1.165) is 96.3 Å². The first-order chi connectivity index (χ1) is 25.8. The van der Waals surface area contributed by atoms with Gasteiger partial charge in [0.1, 0.15) is 42.4 Å². The normalized spacial score (nSPS) is 26.6. The predicted molar refractivity (Wildman–Crippen MR) is 203 cm³/mol. The number of carbonyl (C=O) groups is 1. The zero-order chi connectivity index (χ0) is 36.5. The van der Waals surface area contributed by atoms with Crippen LogP contribution in [0.4, 0.5) is 0 Å². The van der Waals surface area contributed by atoms with Gasteiger partial charge in [0.15, 0.2) is 11.5 Å². The largest absolute Gasteiger partial charge is 0.437 e. The Bertz CT molecular complexity index is 1990. The number of unbranched alkanes of at least 4 members (excludes halogenated alkanes) is 2. The lowest BCUT2D eigenvalue weighted by Gasteiger charge is -2.36. The van der Waals surface area contributed by atoms with Crippen LogP contribution in [0, 0.1) is 35.2 Å². The third-order valence-electron chi connectivity index (χ3n) is 12.2. The number of aliphatic hydroxyl groups excluding tert-OH is 2. The number of quaternary nitrogens is 1. The highest BCUT2D eigenvalue weighted by atomic mass is 16.5. The van der Waals surface area contributed by atoms with E-state index in [0.29, 0.717) is 43.7 Å². The van der Waals surface area contributed by atoms with E-state index in [1.54, 1.807) is 0 Å². The van der Waals surface area contributed by atoms with E-state index in [4.69, 9.17) is 20.2 Å². The maximum Gasteiger partial charge on any atom is 0.252 e. The summed E-state index contributed by atoms with van der Waals surface area (Å²) in [6, 6.07) is 9.85. The Morgan fingerprint density at radius 3 is 2.83 bits per heavy atom. The van der Waals surface area contributed by atoms with Gasteiger partial charge < -0.3 is 25.4 Å². The average molecular weight is 716 g/mol. The maximum atomic E-state index is 12.8. The summed E-state index contributed by atoms with van der Waals surface area (Å²) in [6.45, 7) is 3.60. The van der Waals surface area contributed by atoms with Crippen LogP contribution >= 0.6 is 0 Å². The van der Waals surface area contributed by atoms with Gasteiger partial charge in [0.05, 0.1) is 17.7 Å². The molecule has 1 aliphatic carbocycles. The monoisotopic (exact) mass is 715 g/mol. The number of Topliss-reactive ketones (excluding diaryl/α,β-unsaturated/α-hetero) is 1. The van der Waals surface area contributed by atoms with Gasteiger partial charge in [-0.25, -0.2) is 0 Å². The van der Waals surface area contributed by atoms with E-state index in [-0.39, 0.29) is 24.3 Å². The van der Waals surface area contributed by atoms with Gasteiger partial charge in [-0.1, -0.05) is 75.0 Å². The molecule has 2 aromatic carbocycles. The van der Waals surface area contributed by atoms with E-state index in [1.807, 2.05) is 36.5 Å². The van der Waals surface area contributed by atoms with Crippen molar-refractivity contribution in [1.82, 2.24) is 5.32 Å². The summed E-state index contributed by atoms with van der Waals surface area (Å²) in [5, 5.41) is 25.7. The van der Waals surface area contributed by atoms with Crippen LogP contribution in [0.3, 0.4) is 0 Å². The number of aliphatic hydroxyl groups is 2. The number of ketones is 1. The smallest absolute Gasteiger partial charge is 0.252 e. The quantitative estimate of drug-likeness (QED) is 0.194. The van der Waals surface area contributed by atoms with Crippen LogP contribution in [0.5, 0.6) is 11.5 Å². The molecule has 6 aliphatic rings. The van der Waals surface area contributed by atoms with Crippen molar-refractivity contribution in [2.75, 3.05) is 13.1 Å². The topological polar surface area (TPSA) is 131 Å². The Labute approximate surface area is 312 Å². The van der Waals surface area contributed by atoms with Crippen molar-refractivity contribution >= 4 is 12.0 Å². The van der Waals surface area contributed by atoms with Crippen molar-refractivity contribution in [3.05, 3.63) is 81.2 Å². The summed E-state index contributed by atoms with van der Waals surface area (Å²) in [6.07, 6.45) is 15.0. The predicted octanol–water partition coefficient (Wildman–Crippen LogP) is 4.27. The lowest BCUT2D eigenvalue weighted by molar-refractivity contribution is -0.891. The molecule has 0 radical (unpaired) electrons. The molecule has 0 aromatic heterocycles. The van der Waals surface area contributed by atoms with Crippen LogP contribution in [-0.2, 0) is 24.1 Å². The Morgan fingerprint density at radius 1 is 1.13 bits per heavy atom. The molecule has 53 heavy (non-hydrogen) atoms. The Morgan fingerprint density at radius 2 is 1.98 bits per heavy atom. The molecule has 2 aromatic rings. The van der Waals surface area contributed by atoms with Crippen molar-refractivity contribution in [1.29, 1.82) is 0 Å². The highest BCUT2D eigenvalue weighted by Crippen LogP contribution is 2.47. The number of nitrogens with zero attached hydrogens (tertiary/aromatic N) is 1. The first-order valence-electron chi connectivity index (χ1n) is 19.7. The van der Waals surface area contributed by atoms with Crippen LogP contribution in [0.25, 0.3) is 0 Å². The summed E-state index contributed by atoms with van der Waals surface area (Å²) >= 11 is 0.